The molecule has 0 aromatic carbocycles. The summed E-state index contributed by atoms with van der Waals surface area (Å²) in [6.07, 6.45) is 1.05. The molecule has 1 aliphatic rings. The molecule has 9 nitrogen and oxygen atoms in total. The quantitative estimate of drug-likeness (QED) is 0.608. The second-order valence-corrected chi connectivity index (χ2v) is 4.78. The summed E-state index contributed by atoms with van der Waals surface area (Å²) in [6.45, 7) is 1.59. The van der Waals surface area contributed by atoms with Gasteiger partial charge in [-0.15, -0.1) is 0 Å². The number of H-pyrrole nitrogens is 2. The molecule has 108 valence electrons. The van der Waals surface area contributed by atoms with E-state index in [1.165, 1.54) is 4.90 Å². The van der Waals surface area contributed by atoms with Crippen LogP contribution in [0.3, 0.4) is 0 Å². The van der Waals surface area contributed by atoms with Crippen LogP contribution < -0.4 is 11.2 Å². The monoisotopic (exact) mass is 283 g/mol. The van der Waals surface area contributed by atoms with Gasteiger partial charge in [0.15, 0.2) is 0 Å². The van der Waals surface area contributed by atoms with Crippen LogP contribution >= 0.6 is 0 Å². The van der Waals surface area contributed by atoms with Crippen molar-refractivity contribution < 1.29 is 19.4 Å². The molecule has 1 amide bonds. The van der Waals surface area contributed by atoms with Crippen molar-refractivity contribution in [3.63, 3.8) is 0 Å². The molecule has 20 heavy (non-hydrogen) atoms. The van der Waals surface area contributed by atoms with E-state index in [-0.39, 0.29) is 18.7 Å². The van der Waals surface area contributed by atoms with Crippen molar-refractivity contribution in [3.8, 4) is 0 Å². The van der Waals surface area contributed by atoms with Crippen LogP contribution in [0.2, 0.25) is 0 Å². The SMILES string of the molecule is CC1(OCC(=O)O)CN(C(=O)c2c[nH]c(=O)[nH]c2=O)C1. The summed E-state index contributed by atoms with van der Waals surface area (Å²) in [4.78, 5) is 50.3. The Kier molecular flexibility index (Phi) is 3.45. The standard InChI is InChI=1S/C11H13N3O6/c1-11(20-3-7(15)16)4-14(5-11)9(18)6-2-12-10(19)13-8(6)17/h2H,3-5H2,1H3,(H,15,16)(H2,12,13,17,19). The average molecular weight is 283 g/mol. The summed E-state index contributed by atoms with van der Waals surface area (Å²) in [5.41, 5.74) is -2.36. The third-order valence-electron chi connectivity index (χ3n) is 2.93. The van der Waals surface area contributed by atoms with E-state index >= 15 is 0 Å². The third kappa shape index (κ3) is 2.77. The third-order valence-corrected chi connectivity index (χ3v) is 2.93. The lowest BCUT2D eigenvalue weighted by Gasteiger charge is -2.47. The number of carbonyl (C=O) groups excluding carboxylic acids is 1. The van der Waals surface area contributed by atoms with Crippen molar-refractivity contribution in [1.82, 2.24) is 14.9 Å². The highest BCUT2D eigenvalue weighted by Gasteiger charge is 2.43. The minimum atomic E-state index is -1.09. The topological polar surface area (TPSA) is 133 Å². The Bertz CT molecular complexity index is 655. The van der Waals surface area contributed by atoms with Crippen LogP contribution in [0.25, 0.3) is 0 Å². The predicted octanol–water partition coefficient (Wildman–Crippen LogP) is -1.62. The number of carboxylic acids is 1. The number of nitrogens with zero attached hydrogens (tertiary/aromatic N) is 1. The van der Waals surface area contributed by atoms with Gasteiger partial charge in [0.2, 0.25) is 0 Å². The van der Waals surface area contributed by atoms with Crippen molar-refractivity contribution >= 4 is 11.9 Å². The van der Waals surface area contributed by atoms with E-state index in [0.717, 1.165) is 6.20 Å². The van der Waals surface area contributed by atoms with E-state index in [1.54, 1.807) is 6.92 Å². The van der Waals surface area contributed by atoms with Gasteiger partial charge in [-0.3, -0.25) is 14.6 Å². The van der Waals surface area contributed by atoms with E-state index in [1.807, 2.05) is 4.98 Å². The Labute approximate surface area is 112 Å². The maximum absolute atomic E-state index is 12.0. The number of rotatable bonds is 4. The summed E-state index contributed by atoms with van der Waals surface area (Å²) in [7, 11) is 0. The zero-order valence-corrected chi connectivity index (χ0v) is 10.6. The molecule has 0 spiro atoms. The molecule has 0 radical (unpaired) electrons. The number of carboxylic acid groups (broad SMARTS) is 1. The summed E-state index contributed by atoms with van der Waals surface area (Å²) >= 11 is 0. The number of aromatic nitrogens is 2. The van der Waals surface area contributed by atoms with Crippen LogP contribution in [0.1, 0.15) is 17.3 Å². The van der Waals surface area contributed by atoms with Crippen molar-refractivity contribution in [1.29, 1.82) is 0 Å². The molecule has 0 atom stereocenters. The molecule has 0 aliphatic carbocycles. The zero-order valence-electron chi connectivity index (χ0n) is 10.6. The summed E-state index contributed by atoms with van der Waals surface area (Å²) in [6, 6.07) is 0. The number of likely N-dealkylation sites (tertiary alicyclic amines) is 1. The van der Waals surface area contributed by atoms with E-state index in [4.69, 9.17) is 9.84 Å². The number of aliphatic carboxylic acids is 1. The summed E-state index contributed by atoms with van der Waals surface area (Å²) in [5, 5.41) is 8.53. The molecule has 9 heteroatoms. The molecular weight excluding hydrogens is 270 g/mol. The number of hydrogen-bond donors (Lipinski definition) is 3. The van der Waals surface area contributed by atoms with Gasteiger partial charge in [-0.2, -0.15) is 0 Å². The first-order chi connectivity index (χ1) is 9.31. The molecule has 1 aromatic heterocycles. The van der Waals surface area contributed by atoms with Crippen LogP contribution in [0.5, 0.6) is 0 Å². The molecule has 0 bridgehead atoms. The minimum absolute atomic E-state index is 0.176. The maximum atomic E-state index is 12.0. The smallest absolute Gasteiger partial charge is 0.329 e. The lowest BCUT2D eigenvalue weighted by atomic mass is 9.95. The van der Waals surface area contributed by atoms with Gasteiger partial charge in [0.1, 0.15) is 17.8 Å². The fourth-order valence-electron chi connectivity index (χ4n) is 1.97. The Morgan fingerprint density at radius 2 is 2.10 bits per heavy atom. The second-order valence-electron chi connectivity index (χ2n) is 4.78. The van der Waals surface area contributed by atoms with Crippen LogP contribution in [-0.4, -0.2) is 57.1 Å². The lowest BCUT2D eigenvalue weighted by molar-refractivity contribution is -0.159. The second kappa shape index (κ2) is 4.93. The van der Waals surface area contributed by atoms with Crippen LogP contribution in [0.15, 0.2) is 15.8 Å². The molecule has 1 aromatic rings. The van der Waals surface area contributed by atoms with Crippen LogP contribution in [0.4, 0.5) is 0 Å². The van der Waals surface area contributed by atoms with Crippen LogP contribution in [0, 0.1) is 0 Å². The molecule has 1 aliphatic heterocycles. The first kappa shape index (κ1) is 14.0. The van der Waals surface area contributed by atoms with Gasteiger partial charge in [0.05, 0.1) is 13.1 Å². The number of ether oxygens (including phenoxy) is 1. The van der Waals surface area contributed by atoms with Crippen LogP contribution in [-0.2, 0) is 9.53 Å². The molecule has 3 N–H and O–H groups in total. The molecule has 2 rings (SSSR count). The van der Waals surface area contributed by atoms with Gasteiger partial charge in [0.25, 0.3) is 11.5 Å². The molecular formula is C11H13N3O6. The Hall–Kier alpha value is -2.42. The molecule has 1 saturated heterocycles. The lowest BCUT2D eigenvalue weighted by Crippen LogP contribution is -2.63. The highest BCUT2D eigenvalue weighted by Crippen LogP contribution is 2.25. The number of amides is 1. The normalized spacial score (nSPS) is 16.6. The predicted molar refractivity (Wildman–Crippen MR) is 65.6 cm³/mol. The maximum Gasteiger partial charge on any atom is 0.329 e. The number of aromatic amines is 2. The highest BCUT2D eigenvalue weighted by atomic mass is 16.5. The van der Waals surface area contributed by atoms with Gasteiger partial charge in [-0.25, -0.2) is 9.59 Å². The number of nitrogens with one attached hydrogen (secondary N) is 2. The number of hydrogen-bond acceptors (Lipinski definition) is 5. The Morgan fingerprint density at radius 3 is 2.65 bits per heavy atom. The van der Waals surface area contributed by atoms with E-state index in [0.29, 0.717) is 0 Å². The first-order valence-corrected chi connectivity index (χ1v) is 5.78. The summed E-state index contributed by atoms with van der Waals surface area (Å²) in [5.74, 6) is -1.63. The Morgan fingerprint density at radius 1 is 1.45 bits per heavy atom. The van der Waals surface area contributed by atoms with Gasteiger partial charge in [-0.1, -0.05) is 0 Å². The minimum Gasteiger partial charge on any atom is -0.480 e. The highest BCUT2D eigenvalue weighted by molar-refractivity contribution is 5.94. The van der Waals surface area contributed by atoms with Gasteiger partial charge < -0.3 is 19.7 Å². The van der Waals surface area contributed by atoms with Crippen molar-refractivity contribution in [2.24, 2.45) is 0 Å². The zero-order chi connectivity index (χ0) is 14.9. The van der Waals surface area contributed by atoms with Crippen molar-refractivity contribution in [2.75, 3.05) is 19.7 Å². The molecule has 2 heterocycles. The van der Waals surface area contributed by atoms with Gasteiger partial charge in [-0.05, 0) is 6.92 Å². The van der Waals surface area contributed by atoms with E-state index < -0.39 is 35.3 Å². The number of carbonyl (C=O) groups is 2. The Balaban J connectivity index is 2.02. The first-order valence-electron chi connectivity index (χ1n) is 5.78. The summed E-state index contributed by atoms with van der Waals surface area (Å²) < 4.78 is 5.16. The fraction of sp³-hybridized carbons (Fsp3) is 0.455. The molecule has 0 saturated carbocycles. The molecule has 1 fully saturated rings. The largest absolute Gasteiger partial charge is 0.480 e. The van der Waals surface area contributed by atoms with Crippen molar-refractivity contribution in [2.45, 2.75) is 12.5 Å². The van der Waals surface area contributed by atoms with Gasteiger partial charge in [0, 0.05) is 6.20 Å². The van der Waals surface area contributed by atoms with Gasteiger partial charge >= 0.3 is 11.7 Å². The molecule has 0 unspecified atom stereocenters. The van der Waals surface area contributed by atoms with E-state index in [9.17, 15) is 19.2 Å². The van der Waals surface area contributed by atoms with Crippen molar-refractivity contribution in [3.05, 3.63) is 32.6 Å². The van der Waals surface area contributed by atoms with E-state index in [2.05, 4.69) is 4.98 Å². The average Bonchev–Trinajstić information content (AvgIpc) is 2.32. The fourth-order valence-corrected chi connectivity index (χ4v) is 1.97.